The summed E-state index contributed by atoms with van der Waals surface area (Å²) in [6.07, 6.45) is 3.92. The van der Waals surface area contributed by atoms with Gasteiger partial charge in [-0.3, -0.25) is 4.79 Å². The fourth-order valence-corrected chi connectivity index (χ4v) is 2.48. The summed E-state index contributed by atoms with van der Waals surface area (Å²) in [6.45, 7) is 3.01. The van der Waals surface area contributed by atoms with E-state index in [1.165, 1.54) is 24.9 Å². The smallest absolute Gasteiger partial charge is 0.236 e. The molecule has 2 rings (SSSR count). The highest BCUT2D eigenvalue weighted by Crippen LogP contribution is 2.20. The molecule has 1 saturated heterocycles. The Morgan fingerprint density at radius 3 is 2.42 bits per heavy atom. The van der Waals surface area contributed by atoms with Crippen LogP contribution < -0.4 is 10.6 Å². The molecule has 4 heteroatoms. The van der Waals surface area contributed by atoms with E-state index in [2.05, 4.69) is 29.2 Å². The molecule has 1 aromatic rings. The van der Waals surface area contributed by atoms with Crippen LogP contribution in [-0.2, 0) is 11.3 Å². The summed E-state index contributed by atoms with van der Waals surface area (Å²) in [5.74, 6) is -0.0277. The number of carbonyl (C=O) groups excluding carboxylic acids is 1. The van der Waals surface area contributed by atoms with Gasteiger partial charge < -0.3 is 15.5 Å². The van der Waals surface area contributed by atoms with Crippen LogP contribution in [0.2, 0.25) is 0 Å². The molecule has 4 nitrogen and oxygen atoms in total. The first kappa shape index (κ1) is 13.9. The van der Waals surface area contributed by atoms with Crippen molar-refractivity contribution in [2.45, 2.75) is 25.8 Å². The van der Waals surface area contributed by atoms with Crippen molar-refractivity contribution in [3.8, 4) is 0 Å². The maximum absolute atomic E-state index is 11.4. The molecule has 0 spiro atoms. The Balaban J connectivity index is 1.96. The van der Waals surface area contributed by atoms with E-state index in [1.807, 2.05) is 0 Å². The van der Waals surface area contributed by atoms with Gasteiger partial charge in [-0.1, -0.05) is 12.1 Å². The molecule has 0 atom stereocenters. The zero-order valence-corrected chi connectivity index (χ0v) is 11.6. The second-order valence-electron chi connectivity index (χ2n) is 5.17. The normalized spacial score (nSPS) is 15.4. The van der Waals surface area contributed by atoms with Gasteiger partial charge in [-0.2, -0.15) is 0 Å². The van der Waals surface area contributed by atoms with Crippen LogP contribution in [0, 0.1) is 0 Å². The molecule has 1 heterocycles. The predicted octanol–water partition coefficient (Wildman–Crippen LogP) is 1.59. The topological polar surface area (TPSA) is 49.6 Å². The van der Waals surface area contributed by atoms with Crippen molar-refractivity contribution < 1.29 is 4.79 Å². The van der Waals surface area contributed by atoms with Crippen molar-refractivity contribution in [3.05, 3.63) is 29.8 Å². The molecule has 0 radical (unpaired) electrons. The van der Waals surface area contributed by atoms with Gasteiger partial charge in [0.25, 0.3) is 0 Å². The molecular formula is C15H23N3O. The van der Waals surface area contributed by atoms with Crippen LogP contribution in [0.5, 0.6) is 0 Å². The summed E-state index contributed by atoms with van der Waals surface area (Å²) in [6, 6.07) is 8.51. The van der Waals surface area contributed by atoms with Crippen molar-refractivity contribution >= 4 is 11.6 Å². The number of anilines is 1. The molecule has 2 N–H and O–H groups in total. The van der Waals surface area contributed by atoms with E-state index in [0.29, 0.717) is 6.54 Å². The van der Waals surface area contributed by atoms with E-state index < -0.39 is 0 Å². The molecule has 0 saturated carbocycles. The number of benzene rings is 1. The molecule has 1 aliphatic heterocycles. The molecule has 104 valence electrons. The fraction of sp³-hybridized carbons (Fsp3) is 0.533. The molecule has 1 aliphatic rings. The molecule has 0 aromatic heterocycles. The maximum Gasteiger partial charge on any atom is 0.236 e. The lowest BCUT2D eigenvalue weighted by molar-refractivity contribution is -0.128. The van der Waals surface area contributed by atoms with Crippen LogP contribution in [0.15, 0.2) is 24.3 Å². The Bertz CT molecular complexity index is 410. The Hall–Kier alpha value is -1.55. The van der Waals surface area contributed by atoms with Crippen molar-refractivity contribution in [1.29, 1.82) is 0 Å². The second kappa shape index (κ2) is 6.57. The fourth-order valence-electron chi connectivity index (χ4n) is 2.48. The van der Waals surface area contributed by atoms with E-state index >= 15 is 0 Å². The summed E-state index contributed by atoms with van der Waals surface area (Å²) in [5, 5.41) is 0. The SMILES string of the molecule is CN(Cc1ccc(N2CCCCC2)cc1)C(=O)CN. The van der Waals surface area contributed by atoms with E-state index in [9.17, 15) is 4.79 Å². The van der Waals surface area contributed by atoms with Gasteiger partial charge in [0.05, 0.1) is 6.54 Å². The molecule has 0 unspecified atom stereocenters. The molecule has 0 bridgehead atoms. The van der Waals surface area contributed by atoms with E-state index in [-0.39, 0.29) is 12.5 Å². The summed E-state index contributed by atoms with van der Waals surface area (Å²) in [5.41, 5.74) is 7.78. The molecule has 1 fully saturated rings. The van der Waals surface area contributed by atoms with Crippen molar-refractivity contribution in [2.75, 3.05) is 31.6 Å². The summed E-state index contributed by atoms with van der Waals surface area (Å²) < 4.78 is 0. The highest BCUT2D eigenvalue weighted by Gasteiger charge is 2.11. The summed E-state index contributed by atoms with van der Waals surface area (Å²) in [4.78, 5) is 15.5. The van der Waals surface area contributed by atoms with Crippen LogP contribution in [0.4, 0.5) is 5.69 Å². The van der Waals surface area contributed by atoms with Crippen LogP contribution in [-0.4, -0.2) is 37.5 Å². The minimum absolute atomic E-state index is 0.0277. The lowest BCUT2D eigenvalue weighted by Crippen LogP contribution is -2.32. The van der Waals surface area contributed by atoms with Gasteiger partial charge >= 0.3 is 0 Å². The number of hydrogen-bond acceptors (Lipinski definition) is 3. The zero-order valence-electron chi connectivity index (χ0n) is 11.6. The van der Waals surface area contributed by atoms with E-state index in [0.717, 1.165) is 18.7 Å². The number of rotatable bonds is 4. The zero-order chi connectivity index (χ0) is 13.7. The maximum atomic E-state index is 11.4. The number of nitrogens with zero attached hydrogens (tertiary/aromatic N) is 2. The van der Waals surface area contributed by atoms with Crippen LogP contribution in [0.3, 0.4) is 0 Å². The lowest BCUT2D eigenvalue weighted by Gasteiger charge is -2.29. The lowest BCUT2D eigenvalue weighted by atomic mass is 10.1. The first-order chi connectivity index (χ1) is 9.20. The Morgan fingerprint density at radius 2 is 1.84 bits per heavy atom. The molecule has 0 aliphatic carbocycles. The van der Waals surface area contributed by atoms with Gasteiger partial charge in [-0.05, 0) is 37.0 Å². The molecule has 1 amide bonds. The van der Waals surface area contributed by atoms with Gasteiger partial charge in [0.15, 0.2) is 0 Å². The average Bonchev–Trinajstić information content (AvgIpc) is 2.48. The first-order valence-electron chi connectivity index (χ1n) is 6.98. The standard InChI is InChI=1S/C15H23N3O/c1-17(15(19)11-16)12-13-5-7-14(8-6-13)18-9-3-2-4-10-18/h5-8H,2-4,9-12,16H2,1H3. The number of carbonyl (C=O) groups is 1. The highest BCUT2D eigenvalue weighted by molar-refractivity contribution is 5.77. The van der Waals surface area contributed by atoms with Crippen LogP contribution >= 0.6 is 0 Å². The average molecular weight is 261 g/mol. The number of nitrogens with two attached hydrogens (primary N) is 1. The van der Waals surface area contributed by atoms with Gasteiger partial charge in [-0.25, -0.2) is 0 Å². The minimum Gasteiger partial charge on any atom is -0.372 e. The van der Waals surface area contributed by atoms with Crippen LogP contribution in [0.1, 0.15) is 24.8 Å². The summed E-state index contributed by atoms with van der Waals surface area (Å²) >= 11 is 0. The quantitative estimate of drug-likeness (QED) is 0.895. The Kier molecular flexibility index (Phi) is 4.80. The van der Waals surface area contributed by atoms with Crippen LogP contribution in [0.25, 0.3) is 0 Å². The molecule has 1 aromatic carbocycles. The van der Waals surface area contributed by atoms with Gasteiger partial charge in [0.1, 0.15) is 0 Å². The number of hydrogen-bond donors (Lipinski definition) is 1. The van der Waals surface area contributed by atoms with E-state index in [4.69, 9.17) is 5.73 Å². The Morgan fingerprint density at radius 1 is 1.21 bits per heavy atom. The minimum atomic E-state index is -0.0277. The molecule has 19 heavy (non-hydrogen) atoms. The van der Waals surface area contributed by atoms with Crippen molar-refractivity contribution in [3.63, 3.8) is 0 Å². The third kappa shape index (κ3) is 3.70. The van der Waals surface area contributed by atoms with Gasteiger partial charge in [0.2, 0.25) is 5.91 Å². The monoisotopic (exact) mass is 261 g/mol. The van der Waals surface area contributed by atoms with Gasteiger partial charge in [0, 0.05) is 32.4 Å². The third-order valence-electron chi connectivity index (χ3n) is 3.68. The van der Waals surface area contributed by atoms with Crippen molar-refractivity contribution in [1.82, 2.24) is 4.90 Å². The van der Waals surface area contributed by atoms with Crippen molar-refractivity contribution in [2.24, 2.45) is 5.73 Å². The van der Waals surface area contributed by atoms with Gasteiger partial charge in [-0.15, -0.1) is 0 Å². The van der Waals surface area contributed by atoms with E-state index in [1.54, 1.807) is 11.9 Å². The second-order valence-corrected chi connectivity index (χ2v) is 5.17. The predicted molar refractivity (Wildman–Crippen MR) is 78.0 cm³/mol. The molecular weight excluding hydrogens is 238 g/mol. The third-order valence-corrected chi connectivity index (χ3v) is 3.68. The summed E-state index contributed by atoms with van der Waals surface area (Å²) in [7, 11) is 1.79. The number of likely N-dealkylation sites (N-methyl/N-ethyl adjacent to an activating group) is 1. The number of amides is 1. The first-order valence-corrected chi connectivity index (χ1v) is 6.98. The number of piperidine rings is 1. The largest absolute Gasteiger partial charge is 0.372 e. The highest BCUT2D eigenvalue weighted by atomic mass is 16.2. The Labute approximate surface area is 115 Å².